The van der Waals surface area contributed by atoms with Crippen LogP contribution in [-0.4, -0.2) is 67.4 Å². The Kier molecular flexibility index (Phi) is 9.05. The Morgan fingerprint density at radius 3 is 2.65 bits per heavy atom. The van der Waals surface area contributed by atoms with Gasteiger partial charge in [0.05, 0.1) is 30.0 Å². The van der Waals surface area contributed by atoms with E-state index in [0.717, 1.165) is 66.1 Å². The molecule has 0 aliphatic carbocycles. The molecule has 0 unspecified atom stereocenters. The summed E-state index contributed by atoms with van der Waals surface area (Å²) in [5, 5.41) is 9.04. The second-order valence-electron chi connectivity index (χ2n) is 13.0. The summed E-state index contributed by atoms with van der Waals surface area (Å²) >= 11 is 0. The maximum absolute atomic E-state index is 13.4. The minimum Gasteiger partial charge on any atom is -0.444 e. The predicted molar refractivity (Wildman–Crippen MR) is 172 cm³/mol. The van der Waals surface area contributed by atoms with Gasteiger partial charge in [-0.25, -0.2) is 4.98 Å². The smallest absolute Gasteiger partial charge is 0.277 e. The minimum atomic E-state index is -1.79. The van der Waals surface area contributed by atoms with E-state index in [1.54, 1.807) is 13.3 Å². The molecule has 0 radical (unpaired) electrons. The summed E-state index contributed by atoms with van der Waals surface area (Å²) in [6.45, 7) is 17.2. The van der Waals surface area contributed by atoms with E-state index in [0.29, 0.717) is 25.0 Å². The molecule has 1 aromatic carbocycles. The standard InChI is InChI=1S/C32H44N6O4Si/c1-22-16-24(8-11-33-22)31-35-28(21-41-31)30(39)34-27-17-25-19-38(14-15-40-5)36-26(25)18-29(27)37-12-9-23(10-13-37)20-42-43(6,7)32(2,3)4/h8,11,16-19,21,23H,9-10,12-15,20H2,1-7H3,(H,34,39). The Morgan fingerprint density at radius 2 is 1.95 bits per heavy atom. The van der Waals surface area contributed by atoms with Crippen LogP contribution >= 0.6 is 0 Å². The first-order valence-electron chi connectivity index (χ1n) is 15.0. The van der Waals surface area contributed by atoms with Gasteiger partial charge in [-0.2, -0.15) is 5.10 Å². The molecule has 43 heavy (non-hydrogen) atoms. The van der Waals surface area contributed by atoms with Crippen molar-refractivity contribution < 1.29 is 18.4 Å². The topological polar surface area (TPSA) is 108 Å². The molecule has 1 saturated heterocycles. The molecule has 1 fully saturated rings. The van der Waals surface area contributed by atoms with Crippen LogP contribution in [0.3, 0.4) is 0 Å². The van der Waals surface area contributed by atoms with Crippen molar-refractivity contribution in [3.05, 3.63) is 54.3 Å². The first-order chi connectivity index (χ1) is 20.4. The van der Waals surface area contributed by atoms with Gasteiger partial charge in [0.25, 0.3) is 5.91 Å². The summed E-state index contributed by atoms with van der Waals surface area (Å²) in [7, 11) is -0.106. The summed E-state index contributed by atoms with van der Waals surface area (Å²) in [6.07, 6.45) is 7.14. The molecule has 3 aromatic heterocycles. The van der Waals surface area contributed by atoms with Crippen molar-refractivity contribution in [3.8, 4) is 11.5 Å². The third kappa shape index (κ3) is 7.17. The van der Waals surface area contributed by atoms with Crippen molar-refractivity contribution in [1.82, 2.24) is 19.7 Å². The highest BCUT2D eigenvalue weighted by molar-refractivity contribution is 6.74. The van der Waals surface area contributed by atoms with Gasteiger partial charge in [-0.05, 0) is 68.1 Å². The maximum Gasteiger partial charge on any atom is 0.277 e. The van der Waals surface area contributed by atoms with Crippen molar-refractivity contribution in [2.45, 2.75) is 65.2 Å². The molecule has 0 bridgehead atoms. The average Bonchev–Trinajstić information content (AvgIpc) is 3.62. The number of hydrogen-bond donors (Lipinski definition) is 1. The maximum atomic E-state index is 13.4. The monoisotopic (exact) mass is 604 g/mol. The number of oxazole rings is 1. The second kappa shape index (κ2) is 12.6. The van der Waals surface area contributed by atoms with Crippen LogP contribution in [0.5, 0.6) is 0 Å². The Bertz CT molecular complexity index is 1570. The fourth-order valence-electron chi connectivity index (χ4n) is 5.03. The first-order valence-corrected chi connectivity index (χ1v) is 17.9. The Labute approximate surface area is 254 Å². The Balaban J connectivity index is 1.35. The van der Waals surface area contributed by atoms with Crippen molar-refractivity contribution in [1.29, 1.82) is 0 Å². The van der Waals surface area contributed by atoms with E-state index in [9.17, 15) is 4.79 Å². The third-order valence-corrected chi connectivity index (χ3v) is 13.3. The van der Waals surface area contributed by atoms with Crippen LogP contribution in [0.4, 0.5) is 11.4 Å². The van der Waals surface area contributed by atoms with E-state index in [1.807, 2.05) is 36.0 Å². The number of amides is 1. The number of hydrogen-bond acceptors (Lipinski definition) is 8. The highest BCUT2D eigenvalue weighted by Gasteiger charge is 2.38. The zero-order chi connectivity index (χ0) is 30.8. The van der Waals surface area contributed by atoms with Crippen LogP contribution in [-0.2, 0) is 15.7 Å². The van der Waals surface area contributed by atoms with E-state index in [4.69, 9.17) is 18.7 Å². The molecule has 4 heterocycles. The minimum absolute atomic E-state index is 0.199. The third-order valence-electron chi connectivity index (χ3n) is 8.76. The van der Waals surface area contributed by atoms with Crippen molar-refractivity contribution >= 4 is 36.5 Å². The Morgan fingerprint density at radius 1 is 1.19 bits per heavy atom. The van der Waals surface area contributed by atoms with Gasteiger partial charge < -0.3 is 23.8 Å². The number of carbonyl (C=O) groups excluding carboxylic acids is 1. The summed E-state index contributed by atoms with van der Waals surface area (Å²) in [5.41, 5.74) is 4.40. The van der Waals surface area contributed by atoms with Crippen LogP contribution in [0.25, 0.3) is 22.4 Å². The molecule has 5 rings (SSSR count). The van der Waals surface area contributed by atoms with Crippen molar-refractivity contribution in [2.75, 3.05) is 43.6 Å². The number of rotatable bonds is 10. The molecule has 230 valence electrons. The van der Waals surface area contributed by atoms with Gasteiger partial charge in [0, 0.05) is 55.8 Å². The molecule has 0 saturated carbocycles. The lowest BCUT2D eigenvalue weighted by Gasteiger charge is -2.39. The number of aryl methyl sites for hydroxylation is 1. The number of pyridine rings is 1. The normalized spacial score (nSPS) is 14.9. The zero-order valence-electron chi connectivity index (χ0n) is 26.4. The predicted octanol–water partition coefficient (Wildman–Crippen LogP) is 6.53. The summed E-state index contributed by atoms with van der Waals surface area (Å²) < 4.78 is 19.3. The van der Waals surface area contributed by atoms with E-state index < -0.39 is 8.32 Å². The van der Waals surface area contributed by atoms with Gasteiger partial charge in [0.15, 0.2) is 14.0 Å². The molecule has 0 atom stereocenters. The fraction of sp³-hybridized carbons (Fsp3) is 0.500. The molecular weight excluding hydrogens is 560 g/mol. The number of carbonyl (C=O) groups is 1. The molecule has 4 aromatic rings. The number of piperidine rings is 1. The van der Waals surface area contributed by atoms with Crippen molar-refractivity contribution in [2.24, 2.45) is 5.92 Å². The van der Waals surface area contributed by atoms with Gasteiger partial charge in [-0.1, -0.05) is 20.8 Å². The van der Waals surface area contributed by atoms with E-state index in [1.165, 1.54) is 6.26 Å². The number of benzene rings is 1. The molecule has 1 N–H and O–H groups in total. The Hall–Kier alpha value is -3.54. The van der Waals surface area contributed by atoms with E-state index >= 15 is 0 Å². The van der Waals surface area contributed by atoms with Crippen LogP contribution < -0.4 is 10.2 Å². The van der Waals surface area contributed by atoms with E-state index in [2.05, 4.69) is 60.1 Å². The number of fused-ring (bicyclic) bond motifs is 1. The fourth-order valence-corrected chi connectivity index (χ4v) is 6.12. The highest BCUT2D eigenvalue weighted by Crippen LogP contribution is 2.38. The van der Waals surface area contributed by atoms with Crippen LogP contribution in [0.1, 0.15) is 49.8 Å². The SMILES string of the molecule is COCCn1cc2cc(NC(=O)c3coc(-c4ccnc(C)c4)n3)c(N3CCC(CO[Si](C)(C)C(C)(C)C)CC3)cc2n1. The zero-order valence-corrected chi connectivity index (χ0v) is 27.4. The lowest BCUT2D eigenvalue weighted by atomic mass is 9.97. The van der Waals surface area contributed by atoms with Gasteiger partial charge in [-0.3, -0.25) is 14.5 Å². The number of aromatic nitrogens is 4. The number of ether oxygens (including phenoxy) is 1. The van der Waals surface area contributed by atoms with Gasteiger partial charge >= 0.3 is 0 Å². The number of methoxy groups -OCH3 is 1. The first kappa shape index (κ1) is 30.9. The number of nitrogens with zero attached hydrogens (tertiary/aromatic N) is 5. The number of nitrogens with one attached hydrogen (secondary N) is 1. The van der Waals surface area contributed by atoms with E-state index in [-0.39, 0.29) is 16.6 Å². The quantitative estimate of drug-likeness (QED) is 0.204. The average molecular weight is 605 g/mol. The van der Waals surface area contributed by atoms with Gasteiger partial charge in [0.2, 0.25) is 5.89 Å². The molecule has 1 amide bonds. The van der Waals surface area contributed by atoms with Crippen LogP contribution in [0, 0.1) is 12.8 Å². The largest absolute Gasteiger partial charge is 0.444 e. The molecule has 0 spiro atoms. The van der Waals surface area contributed by atoms with Crippen LogP contribution in [0.15, 0.2) is 47.3 Å². The molecule has 1 aliphatic rings. The van der Waals surface area contributed by atoms with Gasteiger partial charge in [-0.15, -0.1) is 0 Å². The van der Waals surface area contributed by atoms with Crippen molar-refractivity contribution in [3.63, 3.8) is 0 Å². The molecule has 1 aliphatic heterocycles. The lowest BCUT2D eigenvalue weighted by molar-refractivity contribution is 0.102. The summed E-state index contributed by atoms with van der Waals surface area (Å²) in [6, 6.07) is 7.77. The van der Waals surface area contributed by atoms with Gasteiger partial charge in [0.1, 0.15) is 6.26 Å². The molecule has 11 heteroatoms. The molecular formula is C32H44N6O4Si. The van der Waals surface area contributed by atoms with Crippen LogP contribution in [0.2, 0.25) is 18.1 Å². The summed E-state index contributed by atoms with van der Waals surface area (Å²) in [4.78, 5) is 24.5. The second-order valence-corrected chi connectivity index (χ2v) is 17.8. The summed E-state index contributed by atoms with van der Waals surface area (Å²) in [5.74, 6) is 0.573. The highest BCUT2D eigenvalue weighted by atomic mass is 28.4. The molecule has 10 nitrogen and oxygen atoms in total. The lowest BCUT2D eigenvalue weighted by Crippen LogP contribution is -2.43. The number of anilines is 2.